The maximum atomic E-state index is 3.57. The third kappa shape index (κ3) is 4.26. The largest absolute Gasteiger partial charge is 0.317 e. The molecule has 1 saturated carbocycles. The molecule has 1 rings (SSSR count). The first-order valence-corrected chi connectivity index (χ1v) is 7.87. The van der Waals surface area contributed by atoms with E-state index in [2.05, 4.69) is 53.8 Å². The molecule has 0 aliphatic heterocycles. The zero-order chi connectivity index (χ0) is 14.0. The van der Waals surface area contributed by atoms with Crippen molar-refractivity contribution in [2.45, 2.75) is 67.7 Å². The van der Waals surface area contributed by atoms with E-state index in [1.165, 1.54) is 25.8 Å². The average Bonchev–Trinajstić information content (AvgIpc) is 2.23. The van der Waals surface area contributed by atoms with Crippen LogP contribution in [-0.4, -0.2) is 13.1 Å². The van der Waals surface area contributed by atoms with Gasteiger partial charge in [-0.25, -0.2) is 0 Å². The molecule has 0 spiro atoms. The lowest BCUT2D eigenvalue weighted by atomic mass is 9.59. The lowest BCUT2D eigenvalue weighted by Gasteiger charge is -2.47. The van der Waals surface area contributed by atoms with Crippen LogP contribution in [0.5, 0.6) is 0 Å². The molecule has 3 unspecified atom stereocenters. The van der Waals surface area contributed by atoms with Crippen LogP contribution in [0.1, 0.15) is 67.7 Å². The highest BCUT2D eigenvalue weighted by Crippen LogP contribution is 2.48. The second-order valence-electron chi connectivity index (χ2n) is 8.42. The number of hydrogen-bond acceptors (Lipinski definition) is 1. The summed E-state index contributed by atoms with van der Waals surface area (Å²) >= 11 is 0. The van der Waals surface area contributed by atoms with E-state index in [1.54, 1.807) is 0 Å². The summed E-state index contributed by atoms with van der Waals surface area (Å²) in [7, 11) is 0. The molecule has 1 aliphatic carbocycles. The second-order valence-corrected chi connectivity index (χ2v) is 8.42. The summed E-state index contributed by atoms with van der Waals surface area (Å²) in [5.74, 6) is 2.65. The van der Waals surface area contributed by atoms with Gasteiger partial charge in [-0.05, 0) is 60.9 Å². The van der Waals surface area contributed by atoms with Crippen molar-refractivity contribution in [3.05, 3.63) is 0 Å². The lowest BCUT2D eigenvalue weighted by molar-refractivity contribution is 0.0354. The molecular formula is C17H35N. The fourth-order valence-electron chi connectivity index (χ4n) is 3.65. The Labute approximate surface area is 115 Å². The smallest absolute Gasteiger partial charge is 0.00178 e. The van der Waals surface area contributed by atoms with Gasteiger partial charge in [-0.1, -0.05) is 48.5 Å². The SMILES string of the molecule is CCNCC1CCC(C(C)(C)C)CC1C(C)(C)C. The summed E-state index contributed by atoms with van der Waals surface area (Å²) < 4.78 is 0. The Morgan fingerprint density at radius 3 is 2.00 bits per heavy atom. The molecule has 0 aromatic carbocycles. The van der Waals surface area contributed by atoms with Gasteiger partial charge in [-0.15, -0.1) is 0 Å². The van der Waals surface area contributed by atoms with E-state index in [0.29, 0.717) is 10.8 Å². The predicted molar refractivity (Wildman–Crippen MR) is 81.8 cm³/mol. The van der Waals surface area contributed by atoms with Crippen molar-refractivity contribution in [3.63, 3.8) is 0 Å². The van der Waals surface area contributed by atoms with Crippen LogP contribution in [-0.2, 0) is 0 Å². The van der Waals surface area contributed by atoms with Crippen LogP contribution >= 0.6 is 0 Å². The first-order valence-electron chi connectivity index (χ1n) is 7.87. The van der Waals surface area contributed by atoms with Crippen LogP contribution in [0.4, 0.5) is 0 Å². The first kappa shape index (κ1) is 16.0. The van der Waals surface area contributed by atoms with Crippen LogP contribution in [0, 0.1) is 28.6 Å². The Bertz CT molecular complexity index is 243. The molecule has 18 heavy (non-hydrogen) atoms. The molecule has 0 saturated heterocycles. The van der Waals surface area contributed by atoms with Gasteiger partial charge >= 0.3 is 0 Å². The molecule has 0 bridgehead atoms. The normalized spacial score (nSPS) is 30.5. The Kier molecular flexibility index (Phi) is 5.29. The minimum atomic E-state index is 0.448. The van der Waals surface area contributed by atoms with Crippen molar-refractivity contribution >= 4 is 0 Å². The zero-order valence-corrected chi connectivity index (χ0v) is 13.8. The van der Waals surface area contributed by atoms with E-state index in [-0.39, 0.29) is 0 Å². The Morgan fingerprint density at radius 1 is 0.944 bits per heavy atom. The highest BCUT2D eigenvalue weighted by molar-refractivity contribution is 4.91. The van der Waals surface area contributed by atoms with Gasteiger partial charge in [0.2, 0.25) is 0 Å². The Balaban J connectivity index is 2.73. The molecule has 1 fully saturated rings. The molecule has 0 radical (unpaired) electrons. The van der Waals surface area contributed by atoms with Crippen molar-refractivity contribution < 1.29 is 0 Å². The number of nitrogens with one attached hydrogen (secondary N) is 1. The fraction of sp³-hybridized carbons (Fsp3) is 1.00. The van der Waals surface area contributed by atoms with E-state index in [9.17, 15) is 0 Å². The minimum Gasteiger partial charge on any atom is -0.317 e. The molecule has 1 nitrogen and oxygen atoms in total. The Hall–Kier alpha value is -0.0400. The van der Waals surface area contributed by atoms with E-state index >= 15 is 0 Å². The third-order valence-electron chi connectivity index (χ3n) is 4.99. The van der Waals surface area contributed by atoms with Crippen molar-refractivity contribution in [3.8, 4) is 0 Å². The van der Waals surface area contributed by atoms with Crippen LogP contribution in [0.3, 0.4) is 0 Å². The van der Waals surface area contributed by atoms with E-state index in [1.807, 2.05) is 0 Å². The van der Waals surface area contributed by atoms with E-state index in [4.69, 9.17) is 0 Å². The molecule has 0 aromatic rings. The second kappa shape index (κ2) is 5.94. The predicted octanol–water partition coefficient (Wildman–Crippen LogP) is 4.72. The average molecular weight is 253 g/mol. The third-order valence-corrected chi connectivity index (χ3v) is 4.99. The summed E-state index contributed by atoms with van der Waals surface area (Å²) in [6, 6.07) is 0. The number of rotatable bonds is 3. The van der Waals surface area contributed by atoms with Gasteiger partial charge in [-0.2, -0.15) is 0 Å². The van der Waals surface area contributed by atoms with Gasteiger partial charge in [0.25, 0.3) is 0 Å². The van der Waals surface area contributed by atoms with Crippen molar-refractivity contribution in [2.24, 2.45) is 28.6 Å². The first-order chi connectivity index (χ1) is 8.16. The van der Waals surface area contributed by atoms with Crippen molar-refractivity contribution in [1.82, 2.24) is 5.32 Å². The molecule has 0 aromatic heterocycles. The fourth-order valence-corrected chi connectivity index (χ4v) is 3.65. The summed E-state index contributed by atoms with van der Waals surface area (Å²) in [5, 5.41) is 3.57. The molecule has 1 N–H and O–H groups in total. The van der Waals surface area contributed by atoms with Crippen LogP contribution in [0.15, 0.2) is 0 Å². The molecule has 1 heteroatoms. The van der Waals surface area contributed by atoms with Gasteiger partial charge in [0, 0.05) is 0 Å². The standard InChI is InChI=1S/C17H35N/c1-8-18-12-13-9-10-14(16(2,3)4)11-15(13)17(5,6)7/h13-15,18H,8-12H2,1-7H3. The number of hydrogen-bond donors (Lipinski definition) is 1. The molecule has 3 atom stereocenters. The molecule has 0 amide bonds. The van der Waals surface area contributed by atoms with Gasteiger partial charge in [0.15, 0.2) is 0 Å². The van der Waals surface area contributed by atoms with Crippen LogP contribution in [0.25, 0.3) is 0 Å². The topological polar surface area (TPSA) is 12.0 Å². The Morgan fingerprint density at radius 2 is 1.56 bits per heavy atom. The van der Waals surface area contributed by atoms with Crippen molar-refractivity contribution in [2.75, 3.05) is 13.1 Å². The summed E-state index contributed by atoms with van der Waals surface area (Å²) in [6.45, 7) is 19.1. The summed E-state index contributed by atoms with van der Waals surface area (Å²) in [5.41, 5.74) is 0.927. The molecule has 0 heterocycles. The van der Waals surface area contributed by atoms with Crippen LogP contribution in [0.2, 0.25) is 0 Å². The summed E-state index contributed by atoms with van der Waals surface area (Å²) in [4.78, 5) is 0. The maximum absolute atomic E-state index is 3.57. The van der Waals surface area contributed by atoms with Crippen LogP contribution < -0.4 is 5.32 Å². The van der Waals surface area contributed by atoms with E-state index in [0.717, 1.165) is 24.3 Å². The highest BCUT2D eigenvalue weighted by Gasteiger charge is 2.40. The van der Waals surface area contributed by atoms with E-state index < -0.39 is 0 Å². The van der Waals surface area contributed by atoms with Gasteiger partial charge < -0.3 is 5.32 Å². The molecular weight excluding hydrogens is 218 g/mol. The minimum absolute atomic E-state index is 0.448. The quantitative estimate of drug-likeness (QED) is 0.767. The van der Waals surface area contributed by atoms with Gasteiger partial charge in [0.1, 0.15) is 0 Å². The summed E-state index contributed by atoms with van der Waals surface area (Å²) in [6.07, 6.45) is 4.26. The van der Waals surface area contributed by atoms with Gasteiger partial charge in [-0.3, -0.25) is 0 Å². The van der Waals surface area contributed by atoms with Gasteiger partial charge in [0.05, 0.1) is 0 Å². The molecule has 108 valence electrons. The van der Waals surface area contributed by atoms with Crippen molar-refractivity contribution in [1.29, 1.82) is 0 Å². The zero-order valence-electron chi connectivity index (χ0n) is 13.8. The monoisotopic (exact) mass is 253 g/mol. The maximum Gasteiger partial charge on any atom is -0.00178 e. The highest BCUT2D eigenvalue weighted by atomic mass is 14.8. The lowest BCUT2D eigenvalue weighted by Crippen LogP contribution is -2.41. The molecule has 1 aliphatic rings.